The Kier molecular flexibility index (Phi) is 6.88. The van der Waals surface area contributed by atoms with Crippen LogP contribution < -0.4 is 4.90 Å². The van der Waals surface area contributed by atoms with Crippen molar-refractivity contribution in [1.82, 2.24) is 4.90 Å². The Balaban J connectivity index is 3.07. The predicted molar refractivity (Wildman–Crippen MR) is 83.4 cm³/mol. The highest BCUT2D eigenvalue weighted by Crippen LogP contribution is 2.17. The molecule has 1 amide bonds. The highest BCUT2D eigenvalue weighted by molar-refractivity contribution is 6.00. The van der Waals surface area contributed by atoms with Crippen molar-refractivity contribution in [2.45, 2.75) is 33.2 Å². The maximum atomic E-state index is 12.8. The molecule has 0 saturated heterocycles. The number of carbonyl (C=O) groups is 2. The van der Waals surface area contributed by atoms with Crippen LogP contribution in [0.25, 0.3) is 0 Å². The first-order chi connectivity index (χ1) is 10.0. The minimum atomic E-state index is -1.01. The van der Waals surface area contributed by atoms with Crippen molar-refractivity contribution in [2.75, 3.05) is 24.5 Å². The Labute approximate surface area is 126 Å². The molecule has 116 valence electrons. The van der Waals surface area contributed by atoms with E-state index in [0.29, 0.717) is 12.1 Å². The van der Waals surface area contributed by atoms with Gasteiger partial charge in [0.05, 0.1) is 6.04 Å². The van der Waals surface area contributed by atoms with Gasteiger partial charge in [-0.05, 0) is 31.6 Å². The molecule has 1 aromatic rings. The number of anilines is 1. The van der Waals surface area contributed by atoms with Crippen LogP contribution in [-0.4, -0.2) is 47.6 Å². The molecule has 1 rings (SSSR count). The van der Waals surface area contributed by atoms with Gasteiger partial charge in [-0.15, -0.1) is 0 Å². The molecule has 0 aliphatic heterocycles. The monoisotopic (exact) mass is 292 g/mol. The second-order valence-electron chi connectivity index (χ2n) is 4.80. The fraction of sp³-hybridized carbons (Fsp3) is 0.500. The summed E-state index contributed by atoms with van der Waals surface area (Å²) in [4.78, 5) is 27.3. The number of nitrogens with zero attached hydrogens (tertiary/aromatic N) is 2. The van der Waals surface area contributed by atoms with Gasteiger partial charge in [0.2, 0.25) is 5.91 Å². The number of carboxylic acid groups (broad SMARTS) is 1. The minimum absolute atomic E-state index is 0.158. The quantitative estimate of drug-likeness (QED) is 0.798. The lowest BCUT2D eigenvalue weighted by atomic mass is 10.1. The van der Waals surface area contributed by atoms with Gasteiger partial charge in [0.1, 0.15) is 6.54 Å². The number of para-hydroxylation sites is 1. The van der Waals surface area contributed by atoms with Crippen LogP contribution in [0.5, 0.6) is 0 Å². The summed E-state index contributed by atoms with van der Waals surface area (Å²) in [6.45, 7) is 7.16. The van der Waals surface area contributed by atoms with Crippen LogP contribution in [0.3, 0.4) is 0 Å². The molecule has 0 heterocycles. The average Bonchev–Trinajstić information content (AvgIpc) is 2.50. The zero-order chi connectivity index (χ0) is 15.8. The summed E-state index contributed by atoms with van der Waals surface area (Å²) in [5.74, 6) is -1.17. The minimum Gasteiger partial charge on any atom is -0.480 e. The zero-order valence-corrected chi connectivity index (χ0v) is 13.0. The van der Waals surface area contributed by atoms with Gasteiger partial charge in [-0.1, -0.05) is 39.0 Å². The Bertz CT molecular complexity index is 458. The molecular formula is C16H24N2O3. The van der Waals surface area contributed by atoms with Crippen molar-refractivity contribution in [2.24, 2.45) is 0 Å². The van der Waals surface area contributed by atoms with Gasteiger partial charge in [-0.3, -0.25) is 19.4 Å². The largest absolute Gasteiger partial charge is 0.480 e. The van der Waals surface area contributed by atoms with Crippen LogP contribution in [0.1, 0.15) is 27.2 Å². The maximum absolute atomic E-state index is 12.8. The number of benzene rings is 1. The summed E-state index contributed by atoms with van der Waals surface area (Å²) < 4.78 is 0. The molecule has 1 unspecified atom stereocenters. The molecule has 0 radical (unpaired) electrons. The van der Waals surface area contributed by atoms with Gasteiger partial charge >= 0.3 is 5.97 Å². The SMILES string of the molecule is CCC(C(=O)N(CC(=O)O)c1ccccc1)N(CC)CC. The highest BCUT2D eigenvalue weighted by Gasteiger charge is 2.29. The van der Waals surface area contributed by atoms with Crippen LogP contribution in [0.15, 0.2) is 30.3 Å². The first kappa shape index (κ1) is 17.2. The van der Waals surface area contributed by atoms with Crippen molar-refractivity contribution in [3.63, 3.8) is 0 Å². The van der Waals surface area contributed by atoms with Crippen LogP contribution >= 0.6 is 0 Å². The van der Waals surface area contributed by atoms with E-state index in [0.717, 1.165) is 13.1 Å². The molecule has 1 N–H and O–H groups in total. The molecule has 0 aliphatic carbocycles. The summed E-state index contributed by atoms with van der Waals surface area (Å²) in [5.41, 5.74) is 0.621. The number of likely N-dealkylation sites (N-methyl/N-ethyl adjacent to an activating group) is 1. The van der Waals surface area contributed by atoms with Crippen LogP contribution in [0.2, 0.25) is 0 Å². The molecule has 5 nitrogen and oxygen atoms in total. The van der Waals surface area contributed by atoms with Gasteiger partial charge in [0, 0.05) is 5.69 Å². The molecule has 0 aromatic heterocycles. The molecule has 21 heavy (non-hydrogen) atoms. The summed E-state index contributed by atoms with van der Waals surface area (Å²) in [5, 5.41) is 9.09. The summed E-state index contributed by atoms with van der Waals surface area (Å²) in [6, 6.07) is 8.67. The molecule has 1 atom stereocenters. The molecule has 0 fully saturated rings. The van der Waals surface area contributed by atoms with Gasteiger partial charge in [-0.25, -0.2) is 0 Å². The smallest absolute Gasteiger partial charge is 0.323 e. The Morgan fingerprint density at radius 3 is 2.10 bits per heavy atom. The third kappa shape index (κ3) is 4.56. The Hall–Kier alpha value is -1.88. The molecule has 0 saturated carbocycles. The van der Waals surface area contributed by atoms with E-state index in [-0.39, 0.29) is 18.5 Å². The van der Waals surface area contributed by atoms with Crippen LogP contribution in [-0.2, 0) is 9.59 Å². The van der Waals surface area contributed by atoms with Crippen LogP contribution in [0, 0.1) is 0 Å². The number of hydrogen-bond acceptors (Lipinski definition) is 3. The summed E-state index contributed by atoms with van der Waals surface area (Å²) in [6.07, 6.45) is 0.656. The number of amides is 1. The van der Waals surface area contributed by atoms with Crippen molar-refractivity contribution in [1.29, 1.82) is 0 Å². The molecule has 5 heteroatoms. The van der Waals surface area contributed by atoms with Crippen molar-refractivity contribution in [3.8, 4) is 0 Å². The first-order valence-electron chi connectivity index (χ1n) is 7.37. The van der Waals surface area contributed by atoms with E-state index in [1.54, 1.807) is 24.3 Å². The van der Waals surface area contributed by atoms with Gasteiger partial charge in [-0.2, -0.15) is 0 Å². The molecular weight excluding hydrogens is 268 g/mol. The Morgan fingerprint density at radius 2 is 1.67 bits per heavy atom. The number of carboxylic acids is 1. The van der Waals surface area contributed by atoms with E-state index in [1.165, 1.54) is 4.90 Å². The highest BCUT2D eigenvalue weighted by atomic mass is 16.4. The normalized spacial score (nSPS) is 12.2. The summed E-state index contributed by atoms with van der Waals surface area (Å²) in [7, 11) is 0. The molecule has 0 bridgehead atoms. The lowest BCUT2D eigenvalue weighted by molar-refractivity contribution is -0.137. The number of hydrogen-bond donors (Lipinski definition) is 1. The standard InChI is InChI=1S/C16H24N2O3/c1-4-14(17(5-2)6-3)16(21)18(12-15(19)20)13-10-8-7-9-11-13/h7-11,14H,4-6,12H2,1-3H3,(H,19,20). The fourth-order valence-corrected chi connectivity index (χ4v) is 2.47. The lowest BCUT2D eigenvalue weighted by Gasteiger charge is -2.32. The third-order valence-electron chi connectivity index (χ3n) is 3.55. The third-order valence-corrected chi connectivity index (χ3v) is 3.55. The molecule has 0 aliphatic rings. The Morgan fingerprint density at radius 1 is 1.10 bits per heavy atom. The van der Waals surface area contributed by atoms with Gasteiger partial charge in [0.15, 0.2) is 0 Å². The van der Waals surface area contributed by atoms with Crippen molar-refractivity contribution >= 4 is 17.6 Å². The summed E-state index contributed by atoms with van der Waals surface area (Å²) >= 11 is 0. The average molecular weight is 292 g/mol. The zero-order valence-electron chi connectivity index (χ0n) is 13.0. The lowest BCUT2D eigenvalue weighted by Crippen LogP contribution is -2.50. The van der Waals surface area contributed by atoms with Crippen molar-refractivity contribution < 1.29 is 14.7 Å². The fourth-order valence-electron chi connectivity index (χ4n) is 2.47. The number of aliphatic carboxylic acids is 1. The topological polar surface area (TPSA) is 60.9 Å². The van der Waals surface area contributed by atoms with Crippen LogP contribution in [0.4, 0.5) is 5.69 Å². The second kappa shape index (κ2) is 8.42. The molecule has 0 spiro atoms. The molecule has 1 aromatic carbocycles. The van der Waals surface area contributed by atoms with E-state index in [2.05, 4.69) is 4.90 Å². The van der Waals surface area contributed by atoms with Crippen molar-refractivity contribution in [3.05, 3.63) is 30.3 Å². The predicted octanol–water partition coefficient (Wildman–Crippen LogP) is 2.22. The number of rotatable bonds is 8. The number of carbonyl (C=O) groups excluding carboxylic acids is 1. The van der Waals surface area contributed by atoms with E-state index in [9.17, 15) is 9.59 Å². The maximum Gasteiger partial charge on any atom is 0.323 e. The van der Waals surface area contributed by atoms with E-state index in [1.807, 2.05) is 26.8 Å². The first-order valence-corrected chi connectivity index (χ1v) is 7.37. The van der Waals surface area contributed by atoms with E-state index < -0.39 is 5.97 Å². The van der Waals surface area contributed by atoms with Gasteiger partial charge < -0.3 is 5.11 Å². The van der Waals surface area contributed by atoms with Gasteiger partial charge in [0.25, 0.3) is 0 Å². The van der Waals surface area contributed by atoms with E-state index in [4.69, 9.17) is 5.11 Å². The van der Waals surface area contributed by atoms with E-state index >= 15 is 0 Å². The second-order valence-corrected chi connectivity index (χ2v) is 4.80.